The smallest absolute Gasteiger partial charge is 0.303 e. The molecule has 5 nitrogen and oxygen atoms in total. The summed E-state index contributed by atoms with van der Waals surface area (Å²) >= 11 is 0. The van der Waals surface area contributed by atoms with E-state index in [-0.39, 0.29) is 30.1 Å². The first-order chi connectivity index (χ1) is 12.0. The number of hydrogen-bond donors (Lipinski definition) is 2. The van der Waals surface area contributed by atoms with Gasteiger partial charge in [-0.15, -0.1) is 0 Å². The number of ether oxygens (including phenoxy) is 1. The maximum atomic E-state index is 11.9. The maximum Gasteiger partial charge on any atom is 0.303 e. The molecule has 4 atom stereocenters. The molecular formula is C20H30O5. The largest absolute Gasteiger partial charge is 0.495 e. The Morgan fingerprint density at radius 2 is 2.04 bits per heavy atom. The zero-order chi connectivity index (χ0) is 18.2. The second kappa shape index (κ2) is 9.76. The van der Waals surface area contributed by atoms with Crippen molar-refractivity contribution < 1.29 is 24.5 Å². The highest BCUT2D eigenvalue weighted by Crippen LogP contribution is 2.45. The Hall–Kier alpha value is -1.62. The van der Waals surface area contributed by atoms with E-state index >= 15 is 0 Å². The van der Waals surface area contributed by atoms with Gasteiger partial charge < -0.3 is 14.9 Å². The zero-order valence-electron chi connectivity index (χ0n) is 15.0. The van der Waals surface area contributed by atoms with Crippen molar-refractivity contribution in [2.24, 2.45) is 11.8 Å². The number of fused-ring (bicyclic) bond motifs is 1. The van der Waals surface area contributed by atoms with E-state index in [4.69, 9.17) is 9.84 Å². The number of unbranched alkanes of at least 4 members (excludes halogenated alkanes) is 3. The van der Waals surface area contributed by atoms with Gasteiger partial charge in [0.1, 0.15) is 6.10 Å². The number of aliphatic hydroxyl groups is 1. The van der Waals surface area contributed by atoms with E-state index in [2.05, 4.69) is 6.92 Å². The Bertz CT molecular complexity index is 522. The first kappa shape index (κ1) is 19.7. The molecule has 0 bridgehead atoms. The Morgan fingerprint density at radius 1 is 1.24 bits per heavy atom. The quantitative estimate of drug-likeness (QED) is 0.464. The predicted molar refractivity (Wildman–Crippen MR) is 95.0 cm³/mol. The van der Waals surface area contributed by atoms with Crippen LogP contribution in [0.4, 0.5) is 0 Å². The number of ketones is 1. The van der Waals surface area contributed by atoms with Gasteiger partial charge in [-0.3, -0.25) is 9.59 Å². The van der Waals surface area contributed by atoms with Crippen molar-refractivity contribution in [2.75, 3.05) is 0 Å². The lowest BCUT2D eigenvalue weighted by molar-refractivity contribution is -0.137. The molecule has 0 aromatic heterocycles. The first-order valence-electron chi connectivity index (χ1n) is 9.47. The number of allylic oxidation sites excluding steroid dienone is 3. The van der Waals surface area contributed by atoms with Gasteiger partial charge in [0.15, 0.2) is 5.78 Å². The van der Waals surface area contributed by atoms with Crippen LogP contribution in [0.15, 0.2) is 24.0 Å². The third-order valence-electron chi connectivity index (χ3n) is 5.13. The molecule has 2 N–H and O–H groups in total. The van der Waals surface area contributed by atoms with Crippen LogP contribution in [0.25, 0.3) is 0 Å². The molecule has 2 fully saturated rings. The van der Waals surface area contributed by atoms with E-state index in [1.165, 1.54) is 0 Å². The summed E-state index contributed by atoms with van der Waals surface area (Å²) in [6.07, 6.45) is 11.5. The third kappa shape index (κ3) is 5.99. The molecule has 2 rings (SSSR count). The van der Waals surface area contributed by atoms with E-state index in [1.54, 1.807) is 6.08 Å². The van der Waals surface area contributed by atoms with Crippen molar-refractivity contribution in [1.82, 2.24) is 0 Å². The number of rotatable bonds is 10. The maximum absolute atomic E-state index is 11.9. The average Bonchev–Trinajstić information content (AvgIpc) is 3.06. The van der Waals surface area contributed by atoms with Gasteiger partial charge >= 0.3 is 5.97 Å². The molecule has 0 radical (unpaired) electrons. The normalized spacial score (nSPS) is 29.9. The number of carbonyl (C=O) groups is 2. The first-order valence-corrected chi connectivity index (χ1v) is 9.47. The van der Waals surface area contributed by atoms with Crippen LogP contribution in [0, 0.1) is 11.8 Å². The Balaban J connectivity index is 1.84. The molecule has 0 spiro atoms. The summed E-state index contributed by atoms with van der Waals surface area (Å²) in [5.41, 5.74) is 0. The highest BCUT2D eigenvalue weighted by molar-refractivity contribution is 5.89. The number of carboxylic acids is 1. The van der Waals surface area contributed by atoms with Gasteiger partial charge in [0.25, 0.3) is 0 Å². The van der Waals surface area contributed by atoms with E-state index < -0.39 is 12.1 Å². The molecule has 1 saturated heterocycles. The lowest BCUT2D eigenvalue weighted by atomic mass is 9.90. The van der Waals surface area contributed by atoms with Crippen molar-refractivity contribution in [3.8, 4) is 0 Å². The third-order valence-corrected chi connectivity index (χ3v) is 5.13. The molecule has 1 aliphatic heterocycles. The van der Waals surface area contributed by atoms with Crippen molar-refractivity contribution in [3.05, 3.63) is 24.0 Å². The van der Waals surface area contributed by atoms with Crippen LogP contribution in [0.2, 0.25) is 0 Å². The van der Waals surface area contributed by atoms with Crippen molar-refractivity contribution in [2.45, 2.75) is 76.9 Å². The lowest BCUT2D eigenvalue weighted by Crippen LogP contribution is -2.17. The zero-order valence-corrected chi connectivity index (χ0v) is 15.0. The molecule has 0 unspecified atom stereocenters. The van der Waals surface area contributed by atoms with Crippen molar-refractivity contribution in [1.29, 1.82) is 0 Å². The van der Waals surface area contributed by atoms with E-state index in [0.29, 0.717) is 25.7 Å². The number of carbonyl (C=O) groups excluding carboxylic acids is 1. The highest BCUT2D eigenvalue weighted by Gasteiger charge is 2.46. The monoisotopic (exact) mass is 350 g/mol. The topological polar surface area (TPSA) is 83.8 Å². The van der Waals surface area contributed by atoms with E-state index in [1.807, 2.05) is 12.2 Å². The van der Waals surface area contributed by atoms with Gasteiger partial charge in [-0.05, 0) is 31.4 Å². The molecular weight excluding hydrogens is 320 g/mol. The fourth-order valence-corrected chi connectivity index (χ4v) is 3.75. The minimum Gasteiger partial charge on any atom is -0.495 e. The molecule has 1 heterocycles. The lowest BCUT2D eigenvalue weighted by Gasteiger charge is -2.14. The molecule has 140 valence electrons. The molecule has 0 aromatic rings. The number of hydrogen-bond acceptors (Lipinski definition) is 4. The van der Waals surface area contributed by atoms with Crippen LogP contribution < -0.4 is 0 Å². The highest BCUT2D eigenvalue weighted by atomic mass is 16.5. The Labute approximate surface area is 149 Å². The molecule has 1 saturated carbocycles. The van der Waals surface area contributed by atoms with Gasteiger partial charge in [0.05, 0.1) is 11.9 Å². The van der Waals surface area contributed by atoms with Gasteiger partial charge in [-0.2, -0.15) is 0 Å². The summed E-state index contributed by atoms with van der Waals surface area (Å²) in [4.78, 5) is 22.4. The molecule has 2 aliphatic rings. The summed E-state index contributed by atoms with van der Waals surface area (Å²) < 4.78 is 5.91. The van der Waals surface area contributed by atoms with Gasteiger partial charge in [-0.1, -0.05) is 25.8 Å². The van der Waals surface area contributed by atoms with Crippen LogP contribution >= 0.6 is 0 Å². The van der Waals surface area contributed by atoms with Gasteiger partial charge in [-0.25, -0.2) is 0 Å². The van der Waals surface area contributed by atoms with Gasteiger partial charge in [0, 0.05) is 37.5 Å². The Kier molecular flexibility index (Phi) is 7.69. The van der Waals surface area contributed by atoms with Crippen LogP contribution in [0.5, 0.6) is 0 Å². The molecule has 0 aromatic carbocycles. The minimum atomic E-state index is -0.778. The summed E-state index contributed by atoms with van der Waals surface area (Å²) in [5.74, 6) is 0.428. The summed E-state index contributed by atoms with van der Waals surface area (Å²) in [6.45, 7) is 2.11. The summed E-state index contributed by atoms with van der Waals surface area (Å²) in [7, 11) is 0. The van der Waals surface area contributed by atoms with Crippen LogP contribution in [0.1, 0.15) is 64.7 Å². The second-order valence-electron chi connectivity index (χ2n) is 7.14. The number of aliphatic hydroxyl groups excluding tert-OH is 1. The average molecular weight is 350 g/mol. The number of aliphatic carboxylic acids is 1. The minimum absolute atomic E-state index is 0.00515. The van der Waals surface area contributed by atoms with E-state index in [9.17, 15) is 14.7 Å². The fraction of sp³-hybridized carbons (Fsp3) is 0.700. The molecule has 25 heavy (non-hydrogen) atoms. The van der Waals surface area contributed by atoms with Gasteiger partial charge in [0.2, 0.25) is 0 Å². The standard InChI is InChI=1S/C20H30O5/c1-2-3-4-7-14(21)10-11-16-17-12-15(8-5-6-9-20(23)24)25-19(17)13-18(16)22/h8,10-11,16-19,22H,2-7,9,12-13H2,1H3,(H,23,24)/b11-10+,15-8-/t16-,17-,18-,19+/m1/s1. The molecule has 5 heteroatoms. The predicted octanol–water partition coefficient (Wildman–Crippen LogP) is 3.62. The number of carboxylic acid groups (broad SMARTS) is 1. The molecule has 0 amide bonds. The van der Waals surface area contributed by atoms with E-state index in [0.717, 1.165) is 31.4 Å². The van der Waals surface area contributed by atoms with Crippen LogP contribution in [-0.4, -0.2) is 34.2 Å². The van der Waals surface area contributed by atoms with Crippen molar-refractivity contribution >= 4 is 11.8 Å². The SMILES string of the molecule is CCCCCC(=O)/C=C/[C@@H]1[C@H]2C/C(=C/CCCC(=O)O)O[C@H]2C[C@H]1O. The van der Waals surface area contributed by atoms with Crippen LogP contribution in [-0.2, 0) is 14.3 Å². The Morgan fingerprint density at radius 3 is 2.76 bits per heavy atom. The fourth-order valence-electron chi connectivity index (χ4n) is 3.75. The summed E-state index contributed by atoms with van der Waals surface area (Å²) in [5, 5.41) is 18.9. The van der Waals surface area contributed by atoms with Crippen LogP contribution in [0.3, 0.4) is 0 Å². The summed E-state index contributed by atoms with van der Waals surface area (Å²) in [6, 6.07) is 0. The second-order valence-corrected chi connectivity index (χ2v) is 7.14. The molecule has 1 aliphatic carbocycles. The van der Waals surface area contributed by atoms with Crippen molar-refractivity contribution in [3.63, 3.8) is 0 Å².